The third-order valence-electron chi connectivity index (χ3n) is 5.02. The first-order chi connectivity index (χ1) is 13.8. The topological polar surface area (TPSA) is 90.5 Å². The van der Waals surface area contributed by atoms with E-state index in [1.165, 1.54) is 4.90 Å². The number of nitrogens with one attached hydrogen (secondary N) is 3. The van der Waals surface area contributed by atoms with E-state index < -0.39 is 5.54 Å². The van der Waals surface area contributed by atoms with Crippen molar-refractivity contribution in [2.75, 3.05) is 28.6 Å². The van der Waals surface area contributed by atoms with Crippen LogP contribution >= 0.6 is 0 Å². The zero-order valence-electron chi connectivity index (χ0n) is 17.1. The Morgan fingerprint density at radius 2 is 1.86 bits per heavy atom. The second kappa shape index (κ2) is 7.95. The third-order valence-corrected chi connectivity index (χ3v) is 5.02. The van der Waals surface area contributed by atoms with Crippen LogP contribution in [0.3, 0.4) is 0 Å². The molecule has 0 radical (unpaired) electrons. The number of anilines is 3. The number of nitrogens with zero attached hydrogens (tertiary/aromatic N) is 1. The smallest absolute Gasteiger partial charge is 0.251 e. The summed E-state index contributed by atoms with van der Waals surface area (Å²) in [7, 11) is 0. The summed E-state index contributed by atoms with van der Waals surface area (Å²) in [6.07, 6.45) is 0. The van der Waals surface area contributed by atoms with Crippen LogP contribution in [0.1, 0.15) is 36.7 Å². The SMILES string of the molecule is CCNC(=O)c1ccc(C)c(NCC(=O)N2c3ccccc3NC(=O)C2(C)C)c1. The zero-order chi connectivity index (χ0) is 21.2. The van der Waals surface area contributed by atoms with Crippen molar-refractivity contribution < 1.29 is 14.4 Å². The summed E-state index contributed by atoms with van der Waals surface area (Å²) in [5.74, 6) is -0.635. The molecule has 0 fully saturated rings. The molecule has 1 aliphatic heterocycles. The Bertz CT molecular complexity index is 968. The van der Waals surface area contributed by atoms with E-state index in [-0.39, 0.29) is 24.3 Å². The van der Waals surface area contributed by atoms with Crippen LogP contribution in [0.4, 0.5) is 17.1 Å². The Morgan fingerprint density at radius 3 is 2.59 bits per heavy atom. The van der Waals surface area contributed by atoms with Gasteiger partial charge in [0.25, 0.3) is 5.91 Å². The van der Waals surface area contributed by atoms with Crippen LogP contribution in [0.25, 0.3) is 0 Å². The van der Waals surface area contributed by atoms with E-state index in [1.807, 2.05) is 38.1 Å². The van der Waals surface area contributed by atoms with Gasteiger partial charge in [0.2, 0.25) is 11.8 Å². The minimum absolute atomic E-state index is 0.00919. The van der Waals surface area contributed by atoms with Crippen molar-refractivity contribution in [3.63, 3.8) is 0 Å². The van der Waals surface area contributed by atoms with E-state index in [2.05, 4.69) is 16.0 Å². The predicted octanol–water partition coefficient (Wildman–Crippen LogP) is 2.92. The second-order valence-electron chi connectivity index (χ2n) is 7.50. The molecule has 0 saturated heterocycles. The Hall–Kier alpha value is -3.35. The molecule has 0 saturated carbocycles. The van der Waals surface area contributed by atoms with Gasteiger partial charge in [0, 0.05) is 17.8 Å². The van der Waals surface area contributed by atoms with E-state index in [9.17, 15) is 14.4 Å². The number of fused-ring (bicyclic) bond motifs is 1. The first-order valence-electron chi connectivity index (χ1n) is 9.62. The lowest BCUT2D eigenvalue weighted by atomic mass is 9.96. The molecule has 7 heteroatoms. The second-order valence-corrected chi connectivity index (χ2v) is 7.50. The van der Waals surface area contributed by atoms with Gasteiger partial charge < -0.3 is 16.0 Å². The van der Waals surface area contributed by atoms with Gasteiger partial charge in [0.15, 0.2) is 0 Å². The number of carbonyl (C=O) groups is 3. The molecule has 0 atom stereocenters. The maximum Gasteiger partial charge on any atom is 0.251 e. The van der Waals surface area contributed by atoms with Crippen molar-refractivity contribution in [1.82, 2.24) is 5.32 Å². The first-order valence-corrected chi connectivity index (χ1v) is 9.62. The molecule has 7 nitrogen and oxygen atoms in total. The summed E-state index contributed by atoms with van der Waals surface area (Å²) in [4.78, 5) is 39.3. The summed E-state index contributed by atoms with van der Waals surface area (Å²) >= 11 is 0. The van der Waals surface area contributed by atoms with Gasteiger partial charge in [0.05, 0.1) is 17.9 Å². The highest BCUT2D eigenvalue weighted by atomic mass is 16.2. The molecule has 0 unspecified atom stereocenters. The highest BCUT2D eigenvalue weighted by Gasteiger charge is 2.43. The fraction of sp³-hybridized carbons (Fsp3) is 0.318. The zero-order valence-corrected chi connectivity index (χ0v) is 17.1. The van der Waals surface area contributed by atoms with Gasteiger partial charge in [-0.3, -0.25) is 19.3 Å². The normalized spacial score (nSPS) is 14.6. The van der Waals surface area contributed by atoms with Gasteiger partial charge in [-0.1, -0.05) is 18.2 Å². The molecule has 0 bridgehead atoms. The van der Waals surface area contributed by atoms with Crippen LogP contribution in [-0.4, -0.2) is 36.3 Å². The number of benzene rings is 2. The number of para-hydroxylation sites is 2. The van der Waals surface area contributed by atoms with Crippen LogP contribution in [0, 0.1) is 6.92 Å². The number of hydrogen-bond acceptors (Lipinski definition) is 4. The highest BCUT2D eigenvalue weighted by Crippen LogP contribution is 2.36. The number of carbonyl (C=O) groups excluding carboxylic acids is 3. The summed E-state index contributed by atoms with van der Waals surface area (Å²) in [5.41, 5.74) is 2.40. The molecular formula is C22H26N4O3. The molecular weight excluding hydrogens is 368 g/mol. The Labute approximate surface area is 170 Å². The van der Waals surface area contributed by atoms with Gasteiger partial charge >= 0.3 is 0 Å². The van der Waals surface area contributed by atoms with Gasteiger partial charge in [-0.15, -0.1) is 0 Å². The largest absolute Gasteiger partial charge is 0.376 e. The van der Waals surface area contributed by atoms with Crippen LogP contribution in [-0.2, 0) is 9.59 Å². The average molecular weight is 394 g/mol. The molecule has 0 aromatic heterocycles. The molecule has 3 N–H and O–H groups in total. The minimum atomic E-state index is -1.02. The molecule has 2 aromatic rings. The first kappa shape index (κ1) is 20.4. The highest BCUT2D eigenvalue weighted by molar-refractivity contribution is 6.14. The lowest BCUT2D eigenvalue weighted by Crippen LogP contribution is -2.59. The maximum atomic E-state index is 13.1. The molecule has 29 heavy (non-hydrogen) atoms. The third kappa shape index (κ3) is 3.94. The minimum Gasteiger partial charge on any atom is -0.376 e. The Morgan fingerprint density at radius 1 is 1.14 bits per heavy atom. The summed E-state index contributed by atoms with van der Waals surface area (Å²) < 4.78 is 0. The van der Waals surface area contributed by atoms with E-state index in [0.717, 1.165) is 5.56 Å². The Kier molecular flexibility index (Phi) is 5.59. The number of rotatable bonds is 5. The summed E-state index contributed by atoms with van der Waals surface area (Å²) in [6, 6.07) is 12.6. The van der Waals surface area contributed by atoms with Gasteiger partial charge in [0.1, 0.15) is 5.54 Å². The van der Waals surface area contributed by atoms with E-state index >= 15 is 0 Å². The van der Waals surface area contributed by atoms with E-state index in [1.54, 1.807) is 32.0 Å². The molecule has 152 valence electrons. The fourth-order valence-corrected chi connectivity index (χ4v) is 3.36. The van der Waals surface area contributed by atoms with Crippen molar-refractivity contribution >= 4 is 34.8 Å². The van der Waals surface area contributed by atoms with Crippen molar-refractivity contribution in [3.05, 3.63) is 53.6 Å². The van der Waals surface area contributed by atoms with Crippen LogP contribution in [0.5, 0.6) is 0 Å². The monoisotopic (exact) mass is 394 g/mol. The molecule has 0 spiro atoms. The lowest BCUT2D eigenvalue weighted by molar-refractivity contribution is -0.125. The summed E-state index contributed by atoms with van der Waals surface area (Å²) in [5, 5.41) is 8.75. The molecule has 0 aliphatic carbocycles. The van der Waals surface area contributed by atoms with E-state index in [4.69, 9.17) is 0 Å². The van der Waals surface area contributed by atoms with Crippen LogP contribution in [0.15, 0.2) is 42.5 Å². The fourth-order valence-electron chi connectivity index (χ4n) is 3.36. The maximum absolute atomic E-state index is 13.1. The number of amides is 3. The quantitative estimate of drug-likeness (QED) is 0.727. The standard InChI is InChI=1S/C22H26N4O3/c1-5-23-20(28)15-11-10-14(2)17(12-15)24-13-19(27)26-18-9-7-6-8-16(18)25-21(29)22(26,3)4/h6-12,24H,5,13H2,1-4H3,(H,23,28)(H,25,29). The van der Waals surface area contributed by atoms with Gasteiger partial charge in [-0.05, 0) is 57.5 Å². The molecule has 2 aromatic carbocycles. The van der Waals surface area contributed by atoms with Crippen molar-refractivity contribution in [3.8, 4) is 0 Å². The lowest BCUT2D eigenvalue weighted by Gasteiger charge is -2.42. The molecule has 3 amide bonds. The van der Waals surface area contributed by atoms with Crippen LogP contribution < -0.4 is 20.9 Å². The van der Waals surface area contributed by atoms with Crippen molar-refractivity contribution in [2.24, 2.45) is 0 Å². The summed E-state index contributed by atoms with van der Waals surface area (Å²) in [6.45, 7) is 7.73. The molecule has 1 heterocycles. The number of hydrogen-bond donors (Lipinski definition) is 3. The van der Waals surface area contributed by atoms with Gasteiger partial charge in [-0.25, -0.2) is 0 Å². The molecule has 1 aliphatic rings. The van der Waals surface area contributed by atoms with Gasteiger partial charge in [-0.2, -0.15) is 0 Å². The molecule has 3 rings (SSSR count). The Balaban J connectivity index is 1.83. The predicted molar refractivity (Wildman–Crippen MR) is 114 cm³/mol. The van der Waals surface area contributed by atoms with E-state index in [0.29, 0.717) is 29.2 Å². The average Bonchev–Trinajstić information content (AvgIpc) is 2.68. The van der Waals surface area contributed by atoms with Crippen molar-refractivity contribution in [2.45, 2.75) is 33.2 Å². The van der Waals surface area contributed by atoms with Crippen LogP contribution in [0.2, 0.25) is 0 Å². The van der Waals surface area contributed by atoms with Crippen molar-refractivity contribution in [1.29, 1.82) is 0 Å². The number of aryl methyl sites for hydroxylation is 1.